The Morgan fingerprint density at radius 2 is 1.69 bits per heavy atom. The quantitative estimate of drug-likeness (QED) is 0.794. The van der Waals surface area contributed by atoms with E-state index in [0.717, 1.165) is 0 Å². The molecule has 0 aliphatic carbocycles. The van der Waals surface area contributed by atoms with Crippen molar-refractivity contribution < 1.29 is 18.1 Å². The zero-order valence-electron chi connectivity index (χ0n) is 7.88. The second kappa shape index (κ2) is 3.73. The minimum atomic E-state index is -4.43. The molecule has 6 heteroatoms. The number of phenolic OH excluding ortho intramolecular Hbond substituents is 1. The topological polar surface area (TPSA) is 74.6 Å². The fourth-order valence-corrected chi connectivity index (χ4v) is 2.84. The molecule has 0 heterocycles. The van der Waals surface area contributed by atoms with Crippen LogP contribution in [0, 0.1) is 0 Å². The first kappa shape index (κ1) is 11.4. The predicted molar refractivity (Wildman–Crippen MR) is 63.1 cm³/mol. The highest BCUT2D eigenvalue weighted by molar-refractivity contribution is 9.10. The van der Waals surface area contributed by atoms with Gasteiger partial charge in [0.05, 0.1) is 0 Å². The molecular formula is C10H7BrO4S. The van der Waals surface area contributed by atoms with Gasteiger partial charge in [0.25, 0.3) is 10.1 Å². The molecule has 0 aliphatic rings. The smallest absolute Gasteiger partial charge is 0.298 e. The molecule has 16 heavy (non-hydrogen) atoms. The van der Waals surface area contributed by atoms with Crippen molar-refractivity contribution in [3.63, 3.8) is 0 Å². The molecule has 0 aliphatic heterocycles. The maximum absolute atomic E-state index is 11.0. The minimum Gasteiger partial charge on any atom is -0.506 e. The van der Waals surface area contributed by atoms with Gasteiger partial charge in [-0.3, -0.25) is 4.55 Å². The number of aromatic hydroxyl groups is 1. The highest BCUT2D eigenvalue weighted by atomic mass is 79.9. The summed E-state index contributed by atoms with van der Waals surface area (Å²) >= 11 is 3.19. The van der Waals surface area contributed by atoms with Crippen LogP contribution in [0.3, 0.4) is 0 Å². The van der Waals surface area contributed by atoms with Crippen LogP contribution in [0.1, 0.15) is 0 Å². The van der Waals surface area contributed by atoms with Crippen LogP contribution < -0.4 is 0 Å². The first-order chi connectivity index (χ1) is 7.41. The van der Waals surface area contributed by atoms with Crippen molar-refractivity contribution in [2.75, 3.05) is 0 Å². The number of rotatable bonds is 1. The maximum atomic E-state index is 11.0. The molecule has 0 aromatic heterocycles. The van der Waals surface area contributed by atoms with E-state index in [9.17, 15) is 13.5 Å². The number of hydrogen-bond acceptors (Lipinski definition) is 3. The average Bonchev–Trinajstić information content (AvgIpc) is 2.22. The molecule has 0 fully saturated rings. The molecule has 2 N–H and O–H groups in total. The van der Waals surface area contributed by atoms with Crippen LogP contribution in [0.25, 0.3) is 10.8 Å². The molecule has 0 radical (unpaired) electrons. The Balaban J connectivity index is 2.97. The number of fused-ring (bicyclic) bond motifs is 1. The normalized spacial score (nSPS) is 11.9. The molecule has 2 aromatic rings. The van der Waals surface area contributed by atoms with Gasteiger partial charge in [-0.1, -0.05) is 40.2 Å². The van der Waals surface area contributed by atoms with Crippen molar-refractivity contribution in [2.24, 2.45) is 0 Å². The minimum absolute atomic E-state index is 0.365. The zero-order valence-corrected chi connectivity index (χ0v) is 10.3. The summed E-state index contributed by atoms with van der Waals surface area (Å²) in [6.07, 6.45) is 0. The Kier molecular flexibility index (Phi) is 2.65. The molecule has 0 atom stereocenters. The van der Waals surface area contributed by atoms with Gasteiger partial charge in [0, 0.05) is 9.86 Å². The van der Waals surface area contributed by atoms with E-state index in [1.54, 1.807) is 24.3 Å². The lowest BCUT2D eigenvalue weighted by atomic mass is 10.1. The average molecular weight is 303 g/mol. The Hall–Kier alpha value is -1.11. The van der Waals surface area contributed by atoms with Gasteiger partial charge >= 0.3 is 0 Å². The van der Waals surface area contributed by atoms with E-state index in [2.05, 4.69) is 15.9 Å². The molecular weight excluding hydrogens is 296 g/mol. The molecule has 84 valence electrons. The van der Waals surface area contributed by atoms with Gasteiger partial charge in [0.1, 0.15) is 10.6 Å². The number of phenols is 1. The van der Waals surface area contributed by atoms with Crippen LogP contribution in [-0.4, -0.2) is 18.1 Å². The van der Waals surface area contributed by atoms with E-state index < -0.39 is 20.8 Å². The summed E-state index contributed by atoms with van der Waals surface area (Å²) in [7, 11) is -4.43. The van der Waals surface area contributed by atoms with Gasteiger partial charge in [-0.05, 0) is 11.5 Å². The summed E-state index contributed by atoms with van der Waals surface area (Å²) in [5.41, 5.74) is 0. The van der Waals surface area contributed by atoms with Crippen molar-refractivity contribution in [2.45, 2.75) is 4.90 Å². The fraction of sp³-hybridized carbons (Fsp3) is 0. The summed E-state index contributed by atoms with van der Waals surface area (Å²) in [4.78, 5) is -0.502. The molecule has 0 amide bonds. The molecule has 0 saturated carbocycles. The van der Waals surface area contributed by atoms with E-state index in [-0.39, 0.29) is 0 Å². The van der Waals surface area contributed by atoms with Crippen LogP contribution in [0.2, 0.25) is 0 Å². The van der Waals surface area contributed by atoms with Crippen molar-refractivity contribution >= 4 is 36.8 Å². The molecule has 0 unspecified atom stereocenters. The Bertz CT molecular complexity index is 664. The molecule has 2 aromatic carbocycles. The van der Waals surface area contributed by atoms with E-state index in [4.69, 9.17) is 4.55 Å². The Morgan fingerprint density at radius 3 is 2.25 bits per heavy atom. The standard InChI is InChI=1S/C10H7BrO4S/c11-8-5-9(16(13,14)15)10(12)7-4-2-1-3-6(7)8/h1-5,12H,(H,13,14,15). The SMILES string of the molecule is O=S(=O)(O)c1cc(Br)c2ccccc2c1O. The number of hydrogen-bond donors (Lipinski definition) is 2. The largest absolute Gasteiger partial charge is 0.506 e. The number of halogens is 1. The van der Waals surface area contributed by atoms with Crippen LogP contribution in [0.5, 0.6) is 5.75 Å². The van der Waals surface area contributed by atoms with E-state index in [1.807, 2.05) is 0 Å². The van der Waals surface area contributed by atoms with Crippen molar-refractivity contribution in [1.29, 1.82) is 0 Å². The lowest BCUT2D eigenvalue weighted by Gasteiger charge is -2.07. The summed E-state index contributed by atoms with van der Waals surface area (Å²) in [6.45, 7) is 0. The van der Waals surface area contributed by atoms with Gasteiger partial charge in [-0.2, -0.15) is 8.42 Å². The lowest BCUT2D eigenvalue weighted by molar-refractivity contribution is 0.448. The first-order valence-corrected chi connectivity index (χ1v) is 6.52. The van der Waals surface area contributed by atoms with Crippen molar-refractivity contribution in [3.05, 3.63) is 34.8 Å². The second-order valence-electron chi connectivity index (χ2n) is 3.23. The Labute approximate surface area is 100 Å². The molecule has 2 rings (SSSR count). The third kappa shape index (κ3) is 1.79. The van der Waals surface area contributed by atoms with Gasteiger partial charge in [0.2, 0.25) is 0 Å². The third-order valence-corrected chi connectivity index (χ3v) is 3.73. The fourth-order valence-electron chi connectivity index (χ4n) is 1.49. The zero-order chi connectivity index (χ0) is 11.9. The van der Waals surface area contributed by atoms with E-state index in [0.29, 0.717) is 15.2 Å². The highest BCUT2D eigenvalue weighted by Gasteiger charge is 2.19. The lowest BCUT2D eigenvalue weighted by Crippen LogP contribution is -1.99. The predicted octanol–water partition coefficient (Wildman–Crippen LogP) is 2.55. The highest BCUT2D eigenvalue weighted by Crippen LogP contribution is 2.36. The van der Waals surface area contributed by atoms with Gasteiger partial charge in [0.15, 0.2) is 0 Å². The summed E-state index contributed by atoms with van der Waals surface area (Å²) in [5.74, 6) is -0.443. The van der Waals surface area contributed by atoms with Gasteiger partial charge in [-0.25, -0.2) is 0 Å². The molecule has 0 spiro atoms. The summed E-state index contributed by atoms with van der Waals surface area (Å²) in [5, 5.41) is 10.8. The van der Waals surface area contributed by atoms with Crippen LogP contribution in [0.4, 0.5) is 0 Å². The monoisotopic (exact) mass is 302 g/mol. The van der Waals surface area contributed by atoms with Crippen LogP contribution in [0.15, 0.2) is 39.7 Å². The van der Waals surface area contributed by atoms with Gasteiger partial charge < -0.3 is 5.11 Å². The second-order valence-corrected chi connectivity index (χ2v) is 5.47. The van der Waals surface area contributed by atoms with E-state index in [1.165, 1.54) is 6.07 Å². The molecule has 0 saturated heterocycles. The van der Waals surface area contributed by atoms with Crippen molar-refractivity contribution in [3.8, 4) is 5.75 Å². The van der Waals surface area contributed by atoms with Crippen LogP contribution >= 0.6 is 15.9 Å². The number of benzene rings is 2. The van der Waals surface area contributed by atoms with E-state index >= 15 is 0 Å². The third-order valence-electron chi connectivity index (χ3n) is 2.21. The summed E-state index contributed by atoms with van der Waals surface area (Å²) < 4.78 is 31.5. The molecule has 0 bridgehead atoms. The maximum Gasteiger partial charge on any atom is 0.298 e. The van der Waals surface area contributed by atoms with Gasteiger partial charge in [-0.15, -0.1) is 0 Å². The Morgan fingerprint density at radius 1 is 1.12 bits per heavy atom. The summed E-state index contributed by atoms with van der Waals surface area (Å²) in [6, 6.07) is 7.91. The van der Waals surface area contributed by atoms with Crippen LogP contribution in [-0.2, 0) is 10.1 Å². The molecule has 4 nitrogen and oxygen atoms in total. The van der Waals surface area contributed by atoms with Crippen molar-refractivity contribution in [1.82, 2.24) is 0 Å². The first-order valence-electron chi connectivity index (χ1n) is 4.29.